The summed E-state index contributed by atoms with van der Waals surface area (Å²) in [5.74, 6) is 1.02. The van der Waals surface area contributed by atoms with E-state index < -0.39 is 0 Å². The van der Waals surface area contributed by atoms with Crippen molar-refractivity contribution in [2.24, 2.45) is 0 Å². The van der Waals surface area contributed by atoms with Crippen LogP contribution >= 0.6 is 0 Å². The van der Waals surface area contributed by atoms with E-state index in [4.69, 9.17) is 4.74 Å². The van der Waals surface area contributed by atoms with Crippen LogP contribution < -0.4 is 15.3 Å². The number of aromatic amines is 2. The molecule has 1 aliphatic rings. The highest BCUT2D eigenvalue weighted by Gasteiger charge is 2.21. The quantitative estimate of drug-likeness (QED) is 0.711. The minimum Gasteiger partial charge on any atom is -0.497 e. The fourth-order valence-corrected chi connectivity index (χ4v) is 3.63. The van der Waals surface area contributed by atoms with Gasteiger partial charge < -0.3 is 24.5 Å². The highest BCUT2D eigenvalue weighted by molar-refractivity contribution is 5.79. The number of ether oxygens (including phenoxy) is 1. The van der Waals surface area contributed by atoms with E-state index >= 15 is 0 Å². The standard InChI is InChI=1S/C21H24N4O3/c1-28-17-6-2-15(3-7-17)4-9-20(26)25-12-10-24(11-13-25)16-5-8-18-19(14-16)23-21(27)22-18/h2-3,5-8,14H,4,9-13H2,1H3,(H2,22,23,27). The first kappa shape index (κ1) is 18.2. The maximum Gasteiger partial charge on any atom is 0.323 e. The summed E-state index contributed by atoms with van der Waals surface area (Å²) in [6, 6.07) is 13.8. The van der Waals surface area contributed by atoms with E-state index in [0.29, 0.717) is 19.5 Å². The topological polar surface area (TPSA) is 81.4 Å². The van der Waals surface area contributed by atoms with E-state index in [9.17, 15) is 9.59 Å². The largest absolute Gasteiger partial charge is 0.497 e. The molecule has 0 radical (unpaired) electrons. The first-order valence-electron chi connectivity index (χ1n) is 9.50. The van der Waals surface area contributed by atoms with Crippen LogP contribution in [0.5, 0.6) is 5.75 Å². The summed E-state index contributed by atoms with van der Waals surface area (Å²) in [5, 5.41) is 0. The Bertz CT molecular complexity index is 1010. The number of rotatable bonds is 5. The van der Waals surface area contributed by atoms with Crippen LogP contribution in [0.15, 0.2) is 47.3 Å². The van der Waals surface area contributed by atoms with Crippen molar-refractivity contribution in [3.05, 3.63) is 58.5 Å². The number of fused-ring (bicyclic) bond motifs is 1. The Labute approximate surface area is 162 Å². The molecule has 1 saturated heterocycles. The Morgan fingerprint density at radius 1 is 1.00 bits per heavy atom. The lowest BCUT2D eigenvalue weighted by molar-refractivity contribution is -0.131. The van der Waals surface area contributed by atoms with Crippen molar-refractivity contribution in [3.63, 3.8) is 0 Å². The van der Waals surface area contributed by atoms with Gasteiger partial charge in [0.05, 0.1) is 18.1 Å². The van der Waals surface area contributed by atoms with E-state index in [2.05, 4.69) is 14.9 Å². The highest BCUT2D eigenvalue weighted by Crippen LogP contribution is 2.21. The molecule has 1 aromatic heterocycles. The summed E-state index contributed by atoms with van der Waals surface area (Å²) in [7, 11) is 1.65. The van der Waals surface area contributed by atoms with Gasteiger partial charge in [0.25, 0.3) is 0 Å². The van der Waals surface area contributed by atoms with Gasteiger partial charge in [-0.05, 0) is 42.3 Å². The molecule has 0 bridgehead atoms. The molecular weight excluding hydrogens is 356 g/mol. The molecule has 0 saturated carbocycles. The number of carbonyl (C=O) groups is 1. The van der Waals surface area contributed by atoms with Crippen LogP contribution in [0.3, 0.4) is 0 Å². The van der Waals surface area contributed by atoms with Crippen LogP contribution in [0.2, 0.25) is 0 Å². The second-order valence-electron chi connectivity index (χ2n) is 7.02. The lowest BCUT2D eigenvalue weighted by Gasteiger charge is -2.36. The van der Waals surface area contributed by atoms with E-state index in [0.717, 1.165) is 47.5 Å². The maximum atomic E-state index is 12.6. The maximum absolute atomic E-state index is 12.6. The fourth-order valence-electron chi connectivity index (χ4n) is 3.63. The van der Waals surface area contributed by atoms with Gasteiger partial charge in [0.2, 0.25) is 5.91 Å². The number of aryl methyl sites for hydroxylation is 1. The predicted octanol–water partition coefficient (Wildman–Crippen LogP) is 2.15. The van der Waals surface area contributed by atoms with Crippen molar-refractivity contribution < 1.29 is 9.53 Å². The lowest BCUT2D eigenvalue weighted by Crippen LogP contribution is -2.48. The smallest absolute Gasteiger partial charge is 0.323 e. The molecule has 2 N–H and O–H groups in total. The van der Waals surface area contributed by atoms with Crippen LogP contribution in [-0.4, -0.2) is 54.1 Å². The Morgan fingerprint density at radius 2 is 1.71 bits per heavy atom. The number of hydrogen-bond acceptors (Lipinski definition) is 4. The van der Waals surface area contributed by atoms with Gasteiger partial charge in [-0.15, -0.1) is 0 Å². The summed E-state index contributed by atoms with van der Waals surface area (Å²) in [6.07, 6.45) is 1.25. The molecule has 0 unspecified atom stereocenters. The number of nitrogens with one attached hydrogen (secondary N) is 2. The first-order chi connectivity index (χ1) is 13.6. The Morgan fingerprint density at radius 3 is 2.43 bits per heavy atom. The third-order valence-electron chi connectivity index (χ3n) is 5.28. The van der Waals surface area contributed by atoms with Gasteiger partial charge in [-0.3, -0.25) is 4.79 Å². The molecule has 28 heavy (non-hydrogen) atoms. The van der Waals surface area contributed by atoms with E-state index in [1.807, 2.05) is 47.4 Å². The summed E-state index contributed by atoms with van der Waals surface area (Å²) >= 11 is 0. The number of hydrogen-bond donors (Lipinski definition) is 2. The number of piperazine rings is 1. The molecular formula is C21H24N4O3. The number of H-pyrrole nitrogens is 2. The van der Waals surface area contributed by atoms with Crippen molar-refractivity contribution in [1.82, 2.24) is 14.9 Å². The normalized spacial score (nSPS) is 14.5. The van der Waals surface area contributed by atoms with E-state index in [1.165, 1.54) is 0 Å². The molecule has 0 spiro atoms. The monoisotopic (exact) mass is 380 g/mol. The summed E-state index contributed by atoms with van der Waals surface area (Å²) < 4.78 is 5.16. The summed E-state index contributed by atoms with van der Waals surface area (Å²) in [6.45, 7) is 3.00. The first-order valence-corrected chi connectivity index (χ1v) is 9.50. The zero-order valence-electron chi connectivity index (χ0n) is 15.9. The second kappa shape index (κ2) is 7.80. The number of imidazole rings is 1. The lowest BCUT2D eigenvalue weighted by atomic mass is 10.1. The number of aromatic nitrogens is 2. The predicted molar refractivity (Wildman–Crippen MR) is 109 cm³/mol. The zero-order chi connectivity index (χ0) is 19.5. The number of benzene rings is 2. The molecule has 1 aliphatic heterocycles. The van der Waals surface area contributed by atoms with Crippen molar-refractivity contribution in [1.29, 1.82) is 0 Å². The van der Waals surface area contributed by atoms with Crippen molar-refractivity contribution >= 4 is 22.6 Å². The van der Waals surface area contributed by atoms with Crippen LogP contribution in [-0.2, 0) is 11.2 Å². The summed E-state index contributed by atoms with van der Waals surface area (Å²) in [4.78, 5) is 33.7. The van der Waals surface area contributed by atoms with Crippen molar-refractivity contribution in [3.8, 4) is 5.75 Å². The molecule has 1 fully saturated rings. The average molecular weight is 380 g/mol. The van der Waals surface area contributed by atoms with Gasteiger partial charge in [0.1, 0.15) is 5.75 Å². The second-order valence-corrected chi connectivity index (χ2v) is 7.02. The molecule has 7 heteroatoms. The van der Waals surface area contributed by atoms with Gasteiger partial charge in [0.15, 0.2) is 0 Å². The van der Waals surface area contributed by atoms with Crippen LogP contribution in [0, 0.1) is 0 Å². The van der Waals surface area contributed by atoms with Crippen molar-refractivity contribution in [2.45, 2.75) is 12.8 Å². The van der Waals surface area contributed by atoms with Crippen LogP contribution in [0.4, 0.5) is 5.69 Å². The molecule has 0 atom stereocenters. The third-order valence-corrected chi connectivity index (χ3v) is 5.28. The molecule has 4 rings (SSSR count). The van der Waals surface area contributed by atoms with Gasteiger partial charge in [-0.25, -0.2) is 4.79 Å². The molecule has 1 amide bonds. The molecule has 146 valence electrons. The molecule has 2 aromatic carbocycles. The van der Waals surface area contributed by atoms with Gasteiger partial charge >= 0.3 is 5.69 Å². The Kier molecular flexibility index (Phi) is 5.06. The molecule has 2 heterocycles. The fraction of sp³-hybridized carbons (Fsp3) is 0.333. The van der Waals surface area contributed by atoms with Gasteiger partial charge in [-0.2, -0.15) is 0 Å². The molecule has 0 aliphatic carbocycles. The summed E-state index contributed by atoms with van der Waals surface area (Å²) in [5.41, 5.74) is 3.62. The number of methoxy groups -OCH3 is 1. The number of nitrogens with zero attached hydrogens (tertiary/aromatic N) is 2. The number of anilines is 1. The molecule has 7 nitrogen and oxygen atoms in total. The van der Waals surface area contributed by atoms with Gasteiger partial charge in [-0.1, -0.05) is 12.1 Å². The van der Waals surface area contributed by atoms with E-state index in [1.54, 1.807) is 7.11 Å². The minimum absolute atomic E-state index is 0.195. The minimum atomic E-state index is -0.195. The Hall–Kier alpha value is -3.22. The number of carbonyl (C=O) groups excluding carboxylic acids is 1. The average Bonchev–Trinajstić information content (AvgIpc) is 3.11. The number of amides is 1. The third kappa shape index (κ3) is 3.88. The van der Waals surface area contributed by atoms with Crippen LogP contribution in [0.25, 0.3) is 11.0 Å². The van der Waals surface area contributed by atoms with Crippen molar-refractivity contribution in [2.75, 3.05) is 38.2 Å². The van der Waals surface area contributed by atoms with E-state index in [-0.39, 0.29) is 11.6 Å². The highest BCUT2D eigenvalue weighted by atomic mass is 16.5. The van der Waals surface area contributed by atoms with Gasteiger partial charge in [0, 0.05) is 38.3 Å². The SMILES string of the molecule is COc1ccc(CCC(=O)N2CCN(c3ccc4[nH]c(=O)[nH]c4c3)CC2)cc1. The zero-order valence-corrected chi connectivity index (χ0v) is 15.9. The molecule has 3 aromatic rings. The van der Waals surface area contributed by atoms with Crippen LogP contribution in [0.1, 0.15) is 12.0 Å². The Balaban J connectivity index is 1.31.